The van der Waals surface area contributed by atoms with E-state index in [1.165, 1.54) is 4.90 Å². The van der Waals surface area contributed by atoms with Crippen molar-refractivity contribution >= 4 is 23.8 Å². The van der Waals surface area contributed by atoms with Crippen LogP contribution in [-0.4, -0.2) is 77.3 Å². The first-order chi connectivity index (χ1) is 15.5. The van der Waals surface area contributed by atoms with Gasteiger partial charge < -0.3 is 14.5 Å². The first-order valence-corrected chi connectivity index (χ1v) is 11.7. The molecule has 8 heteroatoms. The largest absolute Gasteiger partial charge is 0.449 e. The van der Waals surface area contributed by atoms with Gasteiger partial charge in [0.1, 0.15) is 0 Å². The maximum atomic E-state index is 13.0. The minimum Gasteiger partial charge on any atom is -0.449 e. The number of ether oxygens (including phenoxy) is 1. The van der Waals surface area contributed by atoms with Gasteiger partial charge in [0.05, 0.1) is 17.7 Å². The predicted molar refractivity (Wildman–Crippen MR) is 118 cm³/mol. The van der Waals surface area contributed by atoms with E-state index in [4.69, 9.17) is 4.74 Å². The van der Waals surface area contributed by atoms with Crippen LogP contribution in [0.1, 0.15) is 82.9 Å². The molecule has 1 aliphatic carbocycles. The van der Waals surface area contributed by atoms with Crippen molar-refractivity contribution in [2.24, 2.45) is 0 Å². The second kappa shape index (κ2) is 9.71. The third-order valence-corrected chi connectivity index (χ3v) is 6.65. The van der Waals surface area contributed by atoms with Crippen LogP contribution in [0.3, 0.4) is 0 Å². The van der Waals surface area contributed by atoms with Crippen molar-refractivity contribution in [3.05, 3.63) is 34.9 Å². The van der Waals surface area contributed by atoms with E-state index in [1.807, 2.05) is 6.92 Å². The quantitative estimate of drug-likeness (QED) is 0.517. The first kappa shape index (κ1) is 22.3. The Hall–Kier alpha value is -2.90. The van der Waals surface area contributed by atoms with Crippen LogP contribution in [0.25, 0.3) is 0 Å². The van der Waals surface area contributed by atoms with Crippen LogP contribution in [0.15, 0.2) is 18.2 Å². The molecule has 0 radical (unpaired) electrons. The Kier molecular flexibility index (Phi) is 6.77. The van der Waals surface area contributed by atoms with Crippen molar-refractivity contribution in [1.82, 2.24) is 14.7 Å². The van der Waals surface area contributed by atoms with Crippen molar-refractivity contribution in [1.29, 1.82) is 0 Å². The molecule has 4 rings (SSSR count). The number of rotatable bonds is 5. The van der Waals surface area contributed by atoms with Crippen LogP contribution in [-0.2, 0) is 4.74 Å². The fraction of sp³-hybridized carbons (Fsp3) is 0.583. The third kappa shape index (κ3) is 4.36. The van der Waals surface area contributed by atoms with E-state index in [1.54, 1.807) is 28.0 Å². The first-order valence-electron chi connectivity index (χ1n) is 11.7. The summed E-state index contributed by atoms with van der Waals surface area (Å²) in [5, 5.41) is 0. The number of benzene rings is 1. The summed E-state index contributed by atoms with van der Waals surface area (Å²) in [6, 6.07) is 4.75. The van der Waals surface area contributed by atoms with Crippen molar-refractivity contribution in [2.45, 2.75) is 57.9 Å². The molecule has 0 unspecified atom stereocenters. The summed E-state index contributed by atoms with van der Waals surface area (Å²) in [6.45, 7) is 4.07. The minimum atomic E-state index is -0.338. The van der Waals surface area contributed by atoms with Crippen molar-refractivity contribution in [3.63, 3.8) is 0 Å². The van der Waals surface area contributed by atoms with E-state index in [9.17, 15) is 19.2 Å². The van der Waals surface area contributed by atoms with Gasteiger partial charge in [-0.25, -0.2) is 4.79 Å². The highest BCUT2D eigenvalue weighted by Gasteiger charge is 2.40. The van der Waals surface area contributed by atoms with E-state index >= 15 is 0 Å². The summed E-state index contributed by atoms with van der Waals surface area (Å²) in [5.74, 6) is -0.722. The zero-order chi connectivity index (χ0) is 22.7. The lowest BCUT2D eigenvalue weighted by molar-refractivity contribution is 0.0548. The normalized spacial score (nSPS) is 19.3. The van der Waals surface area contributed by atoms with E-state index in [2.05, 4.69) is 0 Å². The van der Waals surface area contributed by atoms with Gasteiger partial charge in [0.2, 0.25) is 0 Å². The van der Waals surface area contributed by atoms with E-state index in [0.717, 1.165) is 44.9 Å². The summed E-state index contributed by atoms with van der Waals surface area (Å²) in [5.41, 5.74) is 1.11. The minimum absolute atomic E-state index is 0.0412. The maximum absolute atomic E-state index is 13.0. The lowest BCUT2D eigenvalue weighted by atomic mass is 9.94. The Balaban J connectivity index is 1.39. The molecular formula is C24H31N3O5. The monoisotopic (exact) mass is 441 g/mol. The topological polar surface area (TPSA) is 87.2 Å². The number of amides is 4. The molecule has 172 valence electrons. The number of hydrogen-bond donors (Lipinski definition) is 0. The molecule has 0 spiro atoms. The van der Waals surface area contributed by atoms with Gasteiger partial charge in [0, 0.05) is 37.8 Å². The molecule has 2 fully saturated rings. The lowest BCUT2D eigenvalue weighted by Gasteiger charge is -2.34. The number of unbranched alkanes of at least 4 members (excludes halogenated alkanes) is 1. The van der Waals surface area contributed by atoms with Gasteiger partial charge in [-0.2, -0.15) is 0 Å². The summed E-state index contributed by atoms with van der Waals surface area (Å²) in [6.07, 6.45) is 6.35. The van der Waals surface area contributed by atoms with Crippen LogP contribution in [0.4, 0.5) is 4.79 Å². The fourth-order valence-electron chi connectivity index (χ4n) is 4.73. The molecule has 4 amide bonds. The van der Waals surface area contributed by atoms with Gasteiger partial charge in [0.15, 0.2) is 0 Å². The average molecular weight is 442 g/mol. The fourth-order valence-corrected chi connectivity index (χ4v) is 4.73. The number of carbonyl (C=O) groups is 4. The van der Waals surface area contributed by atoms with Crippen LogP contribution in [0, 0.1) is 0 Å². The van der Waals surface area contributed by atoms with Gasteiger partial charge in [-0.15, -0.1) is 0 Å². The SMILES string of the molecule is CCCCOC(=O)N1CCN(C(=O)c2ccc3c(c2)C(=O)N(C2CCCCC2)C3=O)CC1. The van der Waals surface area contributed by atoms with E-state index in [-0.39, 0.29) is 29.9 Å². The van der Waals surface area contributed by atoms with Gasteiger partial charge in [-0.05, 0) is 37.5 Å². The van der Waals surface area contributed by atoms with Gasteiger partial charge >= 0.3 is 6.09 Å². The maximum Gasteiger partial charge on any atom is 0.409 e. The molecule has 1 aromatic carbocycles. The molecule has 2 aliphatic heterocycles. The third-order valence-electron chi connectivity index (χ3n) is 6.65. The Morgan fingerprint density at radius 3 is 2.28 bits per heavy atom. The Morgan fingerprint density at radius 1 is 0.938 bits per heavy atom. The molecule has 0 aromatic heterocycles. The standard InChI is InChI=1S/C24H31N3O5/c1-2-3-15-32-24(31)26-13-11-25(12-14-26)21(28)17-9-10-19-20(16-17)23(30)27(22(19)29)18-7-5-4-6-8-18/h9-10,16,18H,2-8,11-15H2,1H3. The second-order valence-corrected chi connectivity index (χ2v) is 8.78. The molecule has 0 atom stereocenters. The Bertz CT molecular complexity index is 901. The Labute approximate surface area is 188 Å². The summed E-state index contributed by atoms with van der Waals surface area (Å²) >= 11 is 0. The molecule has 3 aliphatic rings. The highest BCUT2D eigenvalue weighted by atomic mass is 16.6. The number of carbonyl (C=O) groups excluding carboxylic acids is 4. The number of fused-ring (bicyclic) bond motifs is 1. The van der Waals surface area contributed by atoms with Crippen molar-refractivity contribution in [3.8, 4) is 0 Å². The highest BCUT2D eigenvalue weighted by Crippen LogP contribution is 2.31. The van der Waals surface area contributed by atoms with E-state index in [0.29, 0.717) is 49.5 Å². The zero-order valence-corrected chi connectivity index (χ0v) is 18.7. The molecule has 32 heavy (non-hydrogen) atoms. The zero-order valence-electron chi connectivity index (χ0n) is 18.7. The van der Waals surface area contributed by atoms with Gasteiger partial charge in [-0.1, -0.05) is 32.6 Å². The van der Waals surface area contributed by atoms with Crippen molar-refractivity contribution in [2.75, 3.05) is 32.8 Å². The highest BCUT2D eigenvalue weighted by molar-refractivity contribution is 6.22. The molecule has 1 aromatic rings. The summed E-state index contributed by atoms with van der Waals surface area (Å²) in [7, 11) is 0. The lowest BCUT2D eigenvalue weighted by Crippen LogP contribution is -2.50. The van der Waals surface area contributed by atoms with Crippen LogP contribution in [0.2, 0.25) is 0 Å². The molecule has 0 N–H and O–H groups in total. The summed E-state index contributed by atoms with van der Waals surface area (Å²) < 4.78 is 5.24. The smallest absolute Gasteiger partial charge is 0.409 e. The number of hydrogen-bond acceptors (Lipinski definition) is 5. The van der Waals surface area contributed by atoms with E-state index < -0.39 is 0 Å². The molecule has 8 nitrogen and oxygen atoms in total. The summed E-state index contributed by atoms with van der Waals surface area (Å²) in [4.78, 5) is 55.7. The van der Waals surface area contributed by atoms with Gasteiger partial charge in [0.25, 0.3) is 17.7 Å². The Morgan fingerprint density at radius 2 is 1.59 bits per heavy atom. The molecular weight excluding hydrogens is 410 g/mol. The van der Waals surface area contributed by atoms with Crippen molar-refractivity contribution < 1.29 is 23.9 Å². The predicted octanol–water partition coefficient (Wildman–Crippen LogP) is 3.31. The van der Waals surface area contributed by atoms with Crippen LogP contribution < -0.4 is 0 Å². The molecule has 0 bridgehead atoms. The van der Waals surface area contributed by atoms with Crippen LogP contribution in [0.5, 0.6) is 0 Å². The molecule has 1 saturated heterocycles. The second-order valence-electron chi connectivity index (χ2n) is 8.78. The van der Waals surface area contributed by atoms with Crippen LogP contribution >= 0.6 is 0 Å². The molecule has 2 heterocycles. The number of piperazine rings is 1. The number of imide groups is 1. The average Bonchev–Trinajstić information content (AvgIpc) is 3.08. The van der Waals surface area contributed by atoms with Gasteiger partial charge in [-0.3, -0.25) is 19.3 Å². The molecule has 1 saturated carbocycles. The number of nitrogens with zero attached hydrogens (tertiary/aromatic N) is 3.